The number of likely N-dealkylation sites (tertiary alicyclic amines) is 1. The van der Waals surface area contributed by atoms with Gasteiger partial charge in [-0.15, -0.1) is 0 Å². The van der Waals surface area contributed by atoms with Crippen molar-refractivity contribution in [1.29, 1.82) is 0 Å². The average molecular weight is 324 g/mol. The minimum Gasteiger partial charge on any atom is -0.297 e. The van der Waals surface area contributed by atoms with Gasteiger partial charge in [-0.2, -0.15) is 18.3 Å². The zero-order chi connectivity index (χ0) is 16.4. The van der Waals surface area contributed by atoms with Crippen LogP contribution in [0, 0.1) is 6.92 Å². The number of nitrogens with one attached hydrogen (secondary N) is 1. The maximum Gasteiger partial charge on any atom is 0.435 e. The van der Waals surface area contributed by atoms with E-state index >= 15 is 0 Å². The smallest absolute Gasteiger partial charge is 0.297 e. The van der Waals surface area contributed by atoms with E-state index in [9.17, 15) is 13.2 Å². The zero-order valence-corrected chi connectivity index (χ0v) is 12.9. The molecule has 0 aliphatic carbocycles. The third-order valence-electron chi connectivity index (χ3n) is 4.41. The second-order valence-corrected chi connectivity index (χ2v) is 6.02. The Morgan fingerprint density at radius 3 is 2.65 bits per heavy atom. The number of pyridine rings is 1. The molecule has 124 valence electrons. The molecule has 0 spiro atoms. The molecule has 0 radical (unpaired) electrons. The lowest BCUT2D eigenvalue weighted by Crippen LogP contribution is -2.33. The van der Waals surface area contributed by atoms with Gasteiger partial charge >= 0.3 is 6.18 Å². The van der Waals surface area contributed by atoms with Crippen LogP contribution in [-0.2, 0) is 12.7 Å². The largest absolute Gasteiger partial charge is 0.435 e. The van der Waals surface area contributed by atoms with Gasteiger partial charge in [-0.1, -0.05) is 6.07 Å². The van der Waals surface area contributed by atoms with Crippen LogP contribution in [0.5, 0.6) is 0 Å². The fourth-order valence-electron chi connectivity index (χ4n) is 2.99. The molecule has 0 unspecified atom stereocenters. The van der Waals surface area contributed by atoms with Crippen LogP contribution < -0.4 is 0 Å². The van der Waals surface area contributed by atoms with E-state index in [1.165, 1.54) is 0 Å². The maximum absolute atomic E-state index is 12.6. The minimum absolute atomic E-state index is 0.111. The van der Waals surface area contributed by atoms with Crippen molar-refractivity contribution < 1.29 is 13.2 Å². The number of rotatable bonds is 3. The van der Waals surface area contributed by atoms with Gasteiger partial charge in [0.2, 0.25) is 0 Å². The van der Waals surface area contributed by atoms with Gasteiger partial charge in [0.1, 0.15) is 0 Å². The number of alkyl halides is 3. The van der Waals surface area contributed by atoms with Gasteiger partial charge in [-0.3, -0.25) is 15.0 Å². The second-order valence-electron chi connectivity index (χ2n) is 6.02. The highest BCUT2D eigenvalue weighted by Crippen LogP contribution is 2.32. The fraction of sp³-hybridized carbons (Fsp3) is 0.500. The summed E-state index contributed by atoms with van der Waals surface area (Å²) in [5.74, 6) is 0.111. The normalized spacial score (nSPS) is 17.6. The monoisotopic (exact) mass is 324 g/mol. The van der Waals surface area contributed by atoms with Gasteiger partial charge in [0, 0.05) is 24.4 Å². The van der Waals surface area contributed by atoms with Gasteiger partial charge < -0.3 is 0 Å². The Balaban J connectivity index is 1.58. The van der Waals surface area contributed by atoms with Crippen molar-refractivity contribution in [3.8, 4) is 0 Å². The first-order valence-corrected chi connectivity index (χ1v) is 7.69. The Morgan fingerprint density at radius 1 is 1.30 bits per heavy atom. The molecule has 2 aromatic rings. The predicted octanol–water partition coefficient (Wildman–Crippen LogP) is 3.51. The summed E-state index contributed by atoms with van der Waals surface area (Å²) in [5, 5.41) is 5.94. The molecule has 23 heavy (non-hydrogen) atoms. The molecule has 4 nitrogen and oxygen atoms in total. The molecule has 1 aliphatic heterocycles. The van der Waals surface area contributed by atoms with E-state index in [1.54, 1.807) is 6.20 Å². The average Bonchev–Trinajstić information content (AvgIpc) is 3.00. The number of halogens is 3. The molecule has 0 saturated carbocycles. The molecule has 0 amide bonds. The Labute approximate surface area is 132 Å². The van der Waals surface area contributed by atoms with E-state index < -0.39 is 11.9 Å². The van der Waals surface area contributed by atoms with E-state index in [4.69, 9.17) is 0 Å². The summed E-state index contributed by atoms with van der Waals surface area (Å²) >= 11 is 0. The minimum atomic E-state index is -4.38. The number of hydrogen-bond donors (Lipinski definition) is 1. The number of aryl methyl sites for hydroxylation is 1. The highest BCUT2D eigenvalue weighted by Gasteiger charge is 2.35. The van der Waals surface area contributed by atoms with Crippen LogP contribution in [0.1, 0.15) is 41.4 Å². The number of hydrogen-bond acceptors (Lipinski definition) is 3. The van der Waals surface area contributed by atoms with Crippen molar-refractivity contribution in [2.45, 2.75) is 38.4 Å². The molecular formula is C16H19F3N4. The Morgan fingerprint density at radius 2 is 2.04 bits per heavy atom. The van der Waals surface area contributed by atoms with Crippen LogP contribution in [0.25, 0.3) is 0 Å². The second kappa shape index (κ2) is 6.31. The van der Waals surface area contributed by atoms with E-state index in [-0.39, 0.29) is 5.92 Å². The first kappa shape index (κ1) is 16.0. The van der Waals surface area contributed by atoms with Crippen LogP contribution in [0.3, 0.4) is 0 Å². The number of H-pyrrole nitrogens is 1. The Kier molecular flexibility index (Phi) is 4.39. The lowest BCUT2D eigenvalue weighted by molar-refractivity contribution is -0.141. The maximum atomic E-state index is 12.6. The first-order chi connectivity index (χ1) is 10.9. The van der Waals surface area contributed by atoms with Gasteiger partial charge in [-0.25, -0.2) is 0 Å². The van der Waals surface area contributed by atoms with E-state index in [0.29, 0.717) is 5.69 Å². The number of piperidine rings is 1. The zero-order valence-electron chi connectivity index (χ0n) is 12.9. The number of aromatic nitrogens is 3. The summed E-state index contributed by atoms with van der Waals surface area (Å²) in [6, 6.07) is 5.10. The van der Waals surface area contributed by atoms with Crippen LogP contribution in [0.15, 0.2) is 24.4 Å². The van der Waals surface area contributed by atoms with Crippen LogP contribution in [0.4, 0.5) is 13.2 Å². The third-order valence-corrected chi connectivity index (χ3v) is 4.41. The number of aromatic amines is 1. The van der Waals surface area contributed by atoms with E-state index in [0.717, 1.165) is 49.8 Å². The molecule has 1 saturated heterocycles. The van der Waals surface area contributed by atoms with E-state index in [2.05, 4.69) is 20.1 Å². The predicted molar refractivity (Wildman–Crippen MR) is 79.8 cm³/mol. The highest BCUT2D eigenvalue weighted by atomic mass is 19.4. The molecule has 3 heterocycles. The lowest BCUT2D eigenvalue weighted by atomic mass is 9.93. The Hall–Kier alpha value is -1.89. The molecule has 2 aromatic heterocycles. The van der Waals surface area contributed by atoms with Crippen molar-refractivity contribution >= 4 is 0 Å². The summed E-state index contributed by atoms with van der Waals surface area (Å²) < 4.78 is 37.8. The summed E-state index contributed by atoms with van der Waals surface area (Å²) in [5.41, 5.74) is 1.98. The molecule has 3 rings (SSSR count). The van der Waals surface area contributed by atoms with Crippen LogP contribution in [0.2, 0.25) is 0 Å². The van der Waals surface area contributed by atoms with Crippen LogP contribution in [-0.4, -0.2) is 33.2 Å². The van der Waals surface area contributed by atoms with Gasteiger partial charge in [-0.05, 0) is 50.6 Å². The molecule has 0 atom stereocenters. The lowest BCUT2D eigenvalue weighted by Gasteiger charge is -2.31. The van der Waals surface area contributed by atoms with Crippen molar-refractivity contribution in [2.24, 2.45) is 0 Å². The summed E-state index contributed by atoms with van der Waals surface area (Å²) in [7, 11) is 0. The molecule has 1 fully saturated rings. The van der Waals surface area contributed by atoms with Gasteiger partial charge in [0.05, 0.1) is 5.69 Å². The molecule has 0 aromatic carbocycles. The molecule has 1 N–H and O–H groups in total. The number of nitrogens with zero attached hydrogens (tertiary/aromatic N) is 3. The Bertz CT molecular complexity index is 657. The SMILES string of the molecule is Cc1cccnc1CN1CCC(c2cc(C(F)(F)F)n[nH]2)CC1. The topological polar surface area (TPSA) is 44.8 Å². The van der Waals surface area contributed by atoms with Crippen molar-refractivity contribution in [1.82, 2.24) is 20.1 Å². The molecule has 7 heteroatoms. The van der Waals surface area contributed by atoms with Gasteiger partial charge in [0.25, 0.3) is 0 Å². The highest BCUT2D eigenvalue weighted by molar-refractivity contribution is 5.18. The summed E-state index contributed by atoms with van der Waals surface area (Å²) in [4.78, 5) is 6.70. The summed E-state index contributed by atoms with van der Waals surface area (Å²) in [6.07, 6.45) is -0.943. The third kappa shape index (κ3) is 3.72. The summed E-state index contributed by atoms with van der Waals surface area (Å²) in [6.45, 7) is 4.52. The van der Waals surface area contributed by atoms with Gasteiger partial charge in [0.15, 0.2) is 5.69 Å². The molecular weight excluding hydrogens is 305 g/mol. The quantitative estimate of drug-likeness (QED) is 0.940. The van der Waals surface area contributed by atoms with Crippen molar-refractivity contribution in [3.05, 3.63) is 47.0 Å². The first-order valence-electron chi connectivity index (χ1n) is 7.69. The molecule has 1 aliphatic rings. The fourth-order valence-corrected chi connectivity index (χ4v) is 2.99. The van der Waals surface area contributed by atoms with E-state index in [1.807, 2.05) is 19.1 Å². The van der Waals surface area contributed by atoms with Crippen molar-refractivity contribution in [3.63, 3.8) is 0 Å². The van der Waals surface area contributed by atoms with Crippen LogP contribution >= 0.6 is 0 Å². The molecule has 0 bridgehead atoms. The van der Waals surface area contributed by atoms with Crippen molar-refractivity contribution in [2.75, 3.05) is 13.1 Å². The standard InChI is InChI=1S/C16H19F3N4/c1-11-3-2-6-20-14(11)10-23-7-4-12(5-8-23)13-9-15(22-21-13)16(17,18)19/h2-3,6,9,12H,4-5,7-8,10H2,1H3,(H,21,22).